The van der Waals surface area contributed by atoms with Gasteiger partial charge < -0.3 is 11.1 Å². The van der Waals surface area contributed by atoms with E-state index in [4.69, 9.17) is 5.73 Å². The number of carbonyl (C=O) groups excluding carboxylic acids is 2. The first kappa shape index (κ1) is 12.9. The largest absolute Gasteiger partial charge is 0.368 e. The van der Waals surface area contributed by atoms with Gasteiger partial charge in [-0.15, -0.1) is 0 Å². The zero-order valence-electron chi connectivity index (χ0n) is 9.17. The Kier molecular flexibility index (Phi) is 5.92. The maximum Gasteiger partial charge on any atom is 0.239 e. The zero-order valence-corrected chi connectivity index (χ0v) is 9.17. The molecule has 14 heavy (non-hydrogen) atoms. The summed E-state index contributed by atoms with van der Waals surface area (Å²) in [5.41, 5.74) is 5.15. The van der Waals surface area contributed by atoms with Gasteiger partial charge >= 0.3 is 0 Å². The molecular weight excluding hydrogens is 180 g/mol. The summed E-state index contributed by atoms with van der Waals surface area (Å²) >= 11 is 0. The number of nitrogens with two attached hydrogens (primary N) is 1. The molecule has 1 atom stereocenters. The van der Waals surface area contributed by atoms with E-state index in [1.165, 1.54) is 0 Å². The molecule has 0 aromatic rings. The minimum Gasteiger partial charge on any atom is -0.368 e. The first-order valence-electron chi connectivity index (χ1n) is 5.06. The van der Waals surface area contributed by atoms with Crippen molar-refractivity contribution >= 4 is 11.8 Å². The van der Waals surface area contributed by atoms with Crippen molar-refractivity contribution in [3.8, 4) is 0 Å². The second-order valence-electron chi connectivity index (χ2n) is 3.91. The molecule has 0 aliphatic heterocycles. The van der Waals surface area contributed by atoms with E-state index in [9.17, 15) is 9.59 Å². The highest BCUT2D eigenvalue weighted by atomic mass is 16.2. The topological polar surface area (TPSA) is 72.2 Å². The Morgan fingerprint density at radius 1 is 1.36 bits per heavy atom. The lowest BCUT2D eigenvalue weighted by molar-refractivity contribution is -0.127. The molecule has 4 heteroatoms. The number of hydrogen-bond donors (Lipinski definition) is 2. The van der Waals surface area contributed by atoms with Gasteiger partial charge in [-0.25, -0.2) is 0 Å². The predicted octanol–water partition coefficient (Wildman–Crippen LogP) is 0.803. The van der Waals surface area contributed by atoms with E-state index < -0.39 is 11.9 Å². The van der Waals surface area contributed by atoms with E-state index >= 15 is 0 Å². The number of amides is 2. The molecule has 0 saturated heterocycles. The number of rotatable bonds is 6. The molecule has 0 aromatic carbocycles. The van der Waals surface area contributed by atoms with E-state index in [1.807, 2.05) is 20.8 Å². The summed E-state index contributed by atoms with van der Waals surface area (Å²) in [5.74, 6) is -0.258. The molecule has 0 fully saturated rings. The van der Waals surface area contributed by atoms with Crippen LogP contribution in [-0.4, -0.2) is 17.9 Å². The third-order valence-electron chi connectivity index (χ3n) is 1.85. The van der Waals surface area contributed by atoms with E-state index in [-0.39, 0.29) is 5.91 Å². The summed E-state index contributed by atoms with van der Waals surface area (Å²) in [7, 11) is 0. The van der Waals surface area contributed by atoms with Gasteiger partial charge in [-0.05, 0) is 12.3 Å². The highest BCUT2D eigenvalue weighted by Gasteiger charge is 2.16. The van der Waals surface area contributed by atoms with E-state index in [0.717, 1.165) is 6.42 Å². The van der Waals surface area contributed by atoms with Crippen molar-refractivity contribution in [2.45, 2.75) is 46.1 Å². The lowest BCUT2D eigenvalue weighted by Crippen LogP contribution is -2.44. The van der Waals surface area contributed by atoms with Crippen molar-refractivity contribution in [3.63, 3.8) is 0 Å². The molecule has 82 valence electrons. The third-order valence-corrected chi connectivity index (χ3v) is 1.85. The van der Waals surface area contributed by atoms with Crippen LogP contribution < -0.4 is 11.1 Å². The van der Waals surface area contributed by atoms with Crippen molar-refractivity contribution in [1.82, 2.24) is 5.32 Å². The number of primary amides is 1. The van der Waals surface area contributed by atoms with Crippen molar-refractivity contribution in [1.29, 1.82) is 0 Å². The van der Waals surface area contributed by atoms with Crippen LogP contribution >= 0.6 is 0 Å². The van der Waals surface area contributed by atoms with Crippen LogP contribution in [0.2, 0.25) is 0 Å². The fraction of sp³-hybridized carbons (Fsp3) is 0.800. The molecule has 0 aromatic heterocycles. The Labute approximate surface area is 85.2 Å². The molecule has 1 unspecified atom stereocenters. The average molecular weight is 200 g/mol. The van der Waals surface area contributed by atoms with E-state index in [1.54, 1.807) is 0 Å². The van der Waals surface area contributed by atoms with Crippen molar-refractivity contribution in [3.05, 3.63) is 0 Å². The monoisotopic (exact) mass is 200 g/mol. The summed E-state index contributed by atoms with van der Waals surface area (Å²) in [6.45, 7) is 5.86. The number of carbonyl (C=O) groups is 2. The molecule has 2 amide bonds. The molecular formula is C10H20N2O2. The maximum atomic E-state index is 11.3. The first-order valence-corrected chi connectivity index (χ1v) is 5.06. The lowest BCUT2D eigenvalue weighted by Gasteiger charge is -2.15. The number of nitrogens with one attached hydrogen (secondary N) is 1. The molecule has 0 saturated carbocycles. The Balaban J connectivity index is 4.02. The Bertz CT molecular complexity index is 202. The molecule has 3 N–H and O–H groups in total. The Morgan fingerprint density at radius 3 is 2.29 bits per heavy atom. The van der Waals surface area contributed by atoms with Gasteiger partial charge in [0.05, 0.1) is 0 Å². The van der Waals surface area contributed by atoms with Gasteiger partial charge in [-0.2, -0.15) is 0 Å². The minimum absolute atomic E-state index is 0.0998. The maximum absolute atomic E-state index is 11.3. The normalized spacial score (nSPS) is 12.6. The molecule has 0 aliphatic carbocycles. The lowest BCUT2D eigenvalue weighted by atomic mass is 10.1. The van der Waals surface area contributed by atoms with Crippen LogP contribution in [0.25, 0.3) is 0 Å². The van der Waals surface area contributed by atoms with Crippen LogP contribution in [0.5, 0.6) is 0 Å². The van der Waals surface area contributed by atoms with Crippen LogP contribution in [0.15, 0.2) is 0 Å². The van der Waals surface area contributed by atoms with E-state index in [2.05, 4.69) is 5.32 Å². The highest BCUT2D eigenvalue weighted by molar-refractivity contribution is 5.86. The summed E-state index contributed by atoms with van der Waals surface area (Å²) in [6, 6.07) is -0.508. The SMILES string of the molecule is CCCC(NC(=O)CC(C)C)C(N)=O. The van der Waals surface area contributed by atoms with Gasteiger partial charge in [0.2, 0.25) is 11.8 Å². The highest BCUT2D eigenvalue weighted by Crippen LogP contribution is 2.01. The molecule has 0 radical (unpaired) electrons. The summed E-state index contributed by atoms with van der Waals surface area (Å²) in [4.78, 5) is 22.2. The molecule has 0 aliphatic rings. The second kappa shape index (κ2) is 6.40. The average Bonchev–Trinajstić information content (AvgIpc) is 2.01. The second-order valence-corrected chi connectivity index (χ2v) is 3.91. The Morgan fingerprint density at radius 2 is 1.93 bits per heavy atom. The van der Waals surface area contributed by atoms with E-state index in [0.29, 0.717) is 18.8 Å². The van der Waals surface area contributed by atoms with Gasteiger partial charge in [0.25, 0.3) is 0 Å². The number of hydrogen-bond acceptors (Lipinski definition) is 2. The smallest absolute Gasteiger partial charge is 0.239 e. The molecule has 0 spiro atoms. The standard InChI is InChI=1S/C10H20N2O2/c1-4-5-8(10(11)14)12-9(13)6-7(2)3/h7-8H,4-6H2,1-3H3,(H2,11,14)(H,12,13). The Hall–Kier alpha value is -1.06. The molecule has 4 nitrogen and oxygen atoms in total. The van der Waals surface area contributed by atoms with Gasteiger partial charge in [0.1, 0.15) is 6.04 Å². The zero-order chi connectivity index (χ0) is 11.1. The van der Waals surface area contributed by atoms with Gasteiger partial charge in [0, 0.05) is 6.42 Å². The molecule has 0 heterocycles. The quantitative estimate of drug-likeness (QED) is 0.665. The van der Waals surface area contributed by atoms with Crippen LogP contribution in [0.4, 0.5) is 0 Å². The molecule has 0 rings (SSSR count). The molecule has 0 bridgehead atoms. The fourth-order valence-corrected chi connectivity index (χ4v) is 1.20. The summed E-state index contributed by atoms with van der Waals surface area (Å²) < 4.78 is 0. The predicted molar refractivity (Wildman–Crippen MR) is 55.5 cm³/mol. The van der Waals surface area contributed by atoms with Crippen LogP contribution in [-0.2, 0) is 9.59 Å². The first-order chi connectivity index (χ1) is 6.47. The van der Waals surface area contributed by atoms with Crippen LogP contribution in [0.1, 0.15) is 40.0 Å². The fourth-order valence-electron chi connectivity index (χ4n) is 1.20. The van der Waals surface area contributed by atoms with Crippen molar-refractivity contribution in [2.24, 2.45) is 11.7 Å². The van der Waals surface area contributed by atoms with Crippen molar-refractivity contribution in [2.75, 3.05) is 0 Å². The van der Waals surface area contributed by atoms with Crippen LogP contribution in [0, 0.1) is 5.92 Å². The van der Waals surface area contributed by atoms with Crippen LogP contribution in [0.3, 0.4) is 0 Å². The van der Waals surface area contributed by atoms with Gasteiger partial charge in [-0.1, -0.05) is 27.2 Å². The summed E-state index contributed by atoms with van der Waals surface area (Å²) in [5, 5.41) is 2.64. The minimum atomic E-state index is -0.508. The van der Waals surface area contributed by atoms with Gasteiger partial charge in [0.15, 0.2) is 0 Å². The van der Waals surface area contributed by atoms with Crippen molar-refractivity contribution < 1.29 is 9.59 Å². The summed E-state index contributed by atoms with van der Waals surface area (Å²) in [6.07, 6.45) is 1.88. The van der Waals surface area contributed by atoms with Gasteiger partial charge in [-0.3, -0.25) is 9.59 Å². The third kappa shape index (κ3) is 5.56.